The Balaban J connectivity index is 2.05. The number of H-pyrrole nitrogens is 1. The highest BCUT2D eigenvalue weighted by atomic mass is 32.2. The lowest BCUT2D eigenvalue weighted by Gasteiger charge is -2.09. The van der Waals surface area contributed by atoms with Gasteiger partial charge in [0.05, 0.1) is 11.2 Å². The van der Waals surface area contributed by atoms with E-state index in [9.17, 15) is 12.8 Å². The van der Waals surface area contributed by atoms with Gasteiger partial charge in [-0.05, 0) is 37.3 Å². The van der Waals surface area contributed by atoms with E-state index in [4.69, 9.17) is 0 Å². The monoisotopic (exact) mass is 305 g/mol. The van der Waals surface area contributed by atoms with Gasteiger partial charge in [0, 0.05) is 23.5 Å². The van der Waals surface area contributed by atoms with E-state index in [1.54, 1.807) is 25.3 Å². The van der Waals surface area contributed by atoms with Gasteiger partial charge in [0.1, 0.15) is 10.7 Å². The number of nitrogens with one attached hydrogen (secondary N) is 2. The Morgan fingerprint density at radius 3 is 2.76 bits per heavy atom. The summed E-state index contributed by atoms with van der Waals surface area (Å²) in [4.78, 5) is 6.83. The van der Waals surface area contributed by atoms with Gasteiger partial charge in [-0.3, -0.25) is 9.71 Å². The van der Waals surface area contributed by atoms with Crippen molar-refractivity contribution in [2.75, 3.05) is 4.72 Å². The number of rotatable bonds is 3. The number of anilines is 1. The summed E-state index contributed by atoms with van der Waals surface area (Å²) in [5.74, 6) is -0.523. The Morgan fingerprint density at radius 2 is 2.05 bits per heavy atom. The normalized spacial score (nSPS) is 11.7. The molecular weight excluding hydrogens is 293 g/mol. The molecule has 0 aliphatic heterocycles. The van der Waals surface area contributed by atoms with Gasteiger partial charge in [-0.2, -0.15) is 0 Å². The molecule has 2 aromatic heterocycles. The number of hydrogen-bond acceptors (Lipinski definition) is 3. The number of benzene rings is 1. The fourth-order valence-corrected chi connectivity index (χ4v) is 3.05. The van der Waals surface area contributed by atoms with Crippen LogP contribution < -0.4 is 4.72 Å². The van der Waals surface area contributed by atoms with Crippen LogP contribution in [0.3, 0.4) is 0 Å². The van der Waals surface area contributed by atoms with E-state index in [1.165, 1.54) is 18.3 Å². The molecule has 0 radical (unpaired) electrons. The molecule has 21 heavy (non-hydrogen) atoms. The molecule has 5 nitrogen and oxygen atoms in total. The van der Waals surface area contributed by atoms with E-state index in [0.29, 0.717) is 16.6 Å². The first-order chi connectivity index (χ1) is 9.95. The summed E-state index contributed by atoms with van der Waals surface area (Å²) in [6, 6.07) is 7.19. The molecule has 108 valence electrons. The number of aryl methyl sites for hydroxylation is 1. The van der Waals surface area contributed by atoms with Crippen molar-refractivity contribution in [3.63, 3.8) is 0 Å². The molecule has 2 heterocycles. The zero-order valence-corrected chi connectivity index (χ0v) is 11.9. The minimum absolute atomic E-state index is 0.0287. The number of halogens is 1. The maximum Gasteiger partial charge on any atom is 0.263 e. The number of pyridine rings is 1. The highest BCUT2D eigenvalue weighted by Crippen LogP contribution is 2.26. The quantitative estimate of drug-likeness (QED) is 0.781. The van der Waals surface area contributed by atoms with Crippen LogP contribution in [0.1, 0.15) is 5.69 Å². The van der Waals surface area contributed by atoms with E-state index in [0.717, 1.165) is 6.07 Å². The van der Waals surface area contributed by atoms with Gasteiger partial charge < -0.3 is 4.98 Å². The van der Waals surface area contributed by atoms with Gasteiger partial charge in [0.25, 0.3) is 10.0 Å². The van der Waals surface area contributed by atoms with Crippen LogP contribution in [-0.2, 0) is 10.0 Å². The van der Waals surface area contributed by atoms with Gasteiger partial charge in [0.2, 0.25) is 0 Å². The second-order valence-corrected chi connectivity index (χ2v) is 6.32. The first-order valence-electron chi connectivity index (χ1n) is 6.18. The molecule has 0 bridgehead atoms. The first-order valence-corrected chi connectivity index (χ1v) is 7.66. The third-order valence-corrected chi connectivity index (χ3v) is 4.42. The van der Waals surface area contributed by atoms with Crippen molar-refractivity contribution < 1.29 is 12.8 Å². The second kappa shape index (κ2) is 4.85. The Bertz CT molecular complexity index is 902. The molecular formula is C14H12FN3O2S. The second-order valence-electron chi connectivity index (χ2n) is 4.63. The molecule has 1 aromatic carbocycles. The Kier molecular flexibility index (Phi) is 3.13. The number of nitrogens with zero attached hydrogens (tertiary/aromatic N) is 1. The lowest BCUT2D eigenvalue weighted by molar-refractivity contribution is 0.600. The molecule has 0 amide bonds. The maximum atomic E-state index is 13.5. The molecule has 0 atom stereocenters. The molecule has 7 heteroatoms. The molecule has 3 rings (SSSR count). The Labute approximate surface area is 120 Å². The van der Waals surface area contributed by atoms with E-state index < -0.39 is 15.8 Å². The Morgan fingerprint density at radius 1 is 1.24 bits per heavy atom. The predicted molar refractivity (Wildman–Crippen MR) is 78.0 cm³/mol. The lowest BCUT2D eigenvalue weighted by atomic mass is 10.2. The van der Waals surface area contributed by atoms with Crippen LogP contribution in [0.4, 0.5) is 10.1 Å². The zero-order valence-electron chi connectivity index (χ0n) is 11.1. The number of aromatic nitrogens is 2. The summed E-state index contributed by atoms with van der Waals surface area (Å²) in [7, 11) is -3.81. The number of aromatic amines is 1. The minimum atomic E-state index is -3.81. The van der Waals surface area contributed by atoms with Crippen molar-refractivity contribution in [3.05, 3.63) is 54.2 Å². The molecule has 0 spiro atoms. The molecule has 0 unspecified atom stereocenters. The smallest absolute Gasteiger partial charge is 0.263 e. The van der Waals surface area contributed by atoms with Crippen LogP contribution >= 0.6 is 0 Å². The SMILES string of the molecule is Cc1ccc(S(=O)(=O)Nc2cc(F)cc3[nH]ccc23)cn1. The highest BCUT2D eigenvalue weighted by molar-refractivity contribution is 7.92. The van der Waals surface area contributed by atoms with Crippen LogP contribution in [0.25, 0.3) is 10.9 Å². The largest absolute Gasteiger partial charge is 0.361 e. The highest BCUT2D eigenvalue weighted by Gasteiger charge is 2.17. The molecule has 0 saturated carbocycles. The minimum Gasteiger partial charge on any atom is -0.361 e. The van der Waals surface area contributed by atoms with Crippen molar-refractivity contribution in [3.8, 4) is 0 Å². The molecule has 0 aliphatic carbocycles. The van der Waals surface area contributed by atoms with Crippen LogP contribution in [0, 0.1) is 12.7 Å². The van der Waals surface area contributed by atoms with Crippen LogP contribution in [0.5, 0.6) is 0 Å². The molecule has 3 aromatic rings. The fraction of sp³-hybridized carbons (Fsp3) is 0.0714. The topological polar surface area (TPSA) is 74.8 Å². The van der Waals surface area contributed by atoms with Crippen LogP contribution in [0.15, 0.2) is 47.6 Å². The summed E-state index contributed by atoms with van der Waals surface area (Å²) < 4.78 is 40.5. The van der Waals surface area contributed by atoms with Crippen molar-refractivity contribution in [2.24, 2.45) is 0 Å². The molecule has 0 aliphatic rings. The Hall–Kier alpha value is -2.41. The third kappa shape index (κ3) is 2.59. The van der Waals surface area contributed by atoms with Crippen molar-refractivity contribution in [2.45, 2.75) is 11.8 Å². The number of hydrogen-bond donors (Lipinski definition) is 2. The predicted octanol–water partition coefficient (Wildman–Crippen LogP) is 2.81. The standard InChI is InChI=1S/C14H12FN3O2S/c1-9-2-3-11(8-17-9)21(19,20)18-14-7-10(15)6-13-12(14)4-5-16-13/h2-8,16,18H,1H3. The van der Waals surface area contributed by atoms with Gasteiger partial charge in [-0.1, -0.05) is 0 Å². The number of fused-ring (bicyclic) bond motifs is 1. The molecule has 0 saturated heterocycles. The zero-order chi connectivity index (χ0) is 15.0. The van der Waals surface area contributed by atoms with Crippen molar-refractivity contribution in [1.29, 1.82) is 0 Å². The maximum absolute atomic E-state index is 13.5. The van der Waals surface area contributed by atoms with Gasteiger partial charge >= 0.3 is 0 Å². The van der Waals surface area contributed by atoms with E-state index >= 15 is 0 Å². The summed E-state index contributed by atoms with van der Waals surface area (Å²) in [6.45, 7) is 1.76. The van der Waals surface area contributed by atoms with Crippen LogP contribution in [0.2, 0.25) is 0 Å². The summed E-state index contributed by atoms with van der Waals surface area (Å²) in [5, 5.41) is 0.597. The summed E-state index contributed by atoms with van der Waals surface area (Å²) in [6.07, 6.45) is 2.89. The fourth-order valence-electron chi connectivity index (χ4n) is 2.03. The van der Waals surface area contributed by atoms with Gasteiger partial charge in [0.15, 0.2) is 0 Å². The average Bonchev–Trinajstić information content (AvgIpc) is 2.87. The van der Waals surface area contributed by atoms with Crippen molar-refractivity contribution in [1.82, 2.24) is 9.97 Å². The third-order valence-electron chi connectivity index (χ3n) is 3.07. The molecule has 0 fully saturated rings. The van der Waals surface area contributed by atoms with E-state index in [-0.39, 0.29) is 10.6 Å². The summed E-state index contributed by atoms with van der Waals surface area (Å²) >= 11 is 0. The van der Waals surface area contributed by atoms with Crippen LogP contribution in [-0.4, -0.2) is 18.4 Å². The van der Waals surface area contributed by atoms with E-state index in [2.05, 4.69) is 14.7 Å². The number of sulfonamides is 1. The summed E-state index contributed by atoms with van der Waals surface area (Å²) in [5.41, 5.74) is 1.43. The average molecular weight is 305 g/mol. The van der Waals surface area contributed by atoms with Crippen molar-refractivity contribution >= 4 is 26.6 Å². The molecule has 2 N–H and O–H groups in total. The lowest BCUT2D eigenvalue weighted by Crippen LogP contribution is -2.13. The van der Waals surface area contributed by atoms with Gasteiger partial charge in [-0.25, -0.2) is 12.8 Å². The first kappa shape index (κ1) is 13.6. The van der Waals surface area contributed by atoms with Gasteiger partial charge in [-0.15, -0.1) is 0 Å². The van der Waals surface area contributed by atoms with E-state index in [1.807, 2.05) is 0 Å².